The van der Waals surface area contributed by atoms with Crippen LogP contribution in [0.4, 0.5) is 0 Å². The third-order valence-corrected chi connectivity index (χ3v) is 2.95. The number of carbonyl (C=O) groups is 1. The Morgan fingerprint density at radius 2 is 2.35 bits per heavy atom. The van der Waals surface area contributed by atoms with E-state index >= 15 is 0 Å². The molecule has 0 bridgehead atoms. The Hall–Kier alpha value is -1.05. The molecule has 1 atom stereocenters. The highest BCUT2D eigenvalue weighted by atomic mass is 16.5. The van der Waals surface area contributed by atoms with Crippen LogP contribution in [0, 0.1) is 18.3 Å². The maximum Gasteiger partial charge on any atom is 0.240 e. The first-order valence-corrected chi connectivity index (χ1v) is 6.15. The Morgan fingerprint density at radius 1 is 1.65 bits per heavy atom. The number of hydrogen-bond donors (Lipinski definition) is 1. The summed E-state index contributed by atoms with van der Waals surface area (Å²) in [4.78, 5) is 13.8. The van der Waals surface area contributed by atoms with Crippen LogP contribution in [0.15, 0.2) is 0 Å². The molecule has 0 aliphatic heterocycles. The van der Waals surface area contributed by atoms with Gasteiger partial charge in [0.2, 0.25) is 5.91 Å². The van der Waals surface area contributed by atoms with Crippen LogP contribution in [0.2, 0.25) is 0 Å². The molecule has 1 aliphatic carbocycles. The minimum absolute atomic E-state index is 0.0223. The van der Waals surface area contributed by atoms with Crippen molar-refractivity contribution < 1.29 is 9.53 Å². The number of carbonyl (C=O) groups excluding carboxylic acids is 1. The van der Waals surface area contributed by atoms with Crippen molar-refractivity contribution in [2.45, 2.75) is 31.7 Å². The Labute approximate surface area is 103 Å². The fourth-order valence-electron chi connectivity index (χ4n) is 1.76. The number of amides is 1. The highest BCUT2D eigenvalue weighted by Crippen LogP contribution is 2.29. The zero-order valence-electron chi connectivity index (χ0n) is 10.5. The van der Waals surface area contributed by atoms with Crippen molar-refractivity contribution in [1.82, 2.24) is 4.90 Å². The van der Waals surface area contributed by atoms with Gasteiger partial charge in [0.1, 0.15) is 0 Å². The zero-order valence-corrected chi connectivity index (χ0v) is 10.5. The van der Waals surface area contributed by atoms with E-state index in [4.69, 9.17) is 16.9 Å². The molecule has 0 aromatic carbocycles. The standard InChI is InChI=1S/C13H22N2O2/c1-3-8-15(10-11-6-7-11)13(16)12(14)5-4-9-17-2/h1,11-12H,4-10,14H2,2H3. The summed E-state index contributed by atoms with van der Waals surface area (Å²) in [6.45, 7) is 1.77. The Kier molecular flexibility index (Phi) is 6.03. The van der Waals surface area contributed by atoms with Crippen LogP contribution in [0.25, 0.3) is 0 Å². The molecule has 1 unspecified atom stereocenters. The van der Waals surface area contributed by atoms with Gasteiger partial charge in [0, 0.05) is 20.3 Å². The molecule has 1 amide bonds. The summed E-state index contributed by atoms with van der Waals surface area (Å²) >= 11 is 0. The molecule has 17 heavy (non-hydrogen) atoms. The summed E-state index contributed by atoms with van der Waals surface area (Å²) in [5.74, 6) is 3.14. The van der Waals surface area contributed by atoms with Gasteiger partial charge in [-0.05, 0) is 31.6 Å². The number of hydrogen-bond acceptors (Lipinski definition) is 3. The van der Waals surface area contributed by atoms with Crippen molar-refractivity contribution in [3.63, 3.8) is 0 Å². The second-order valence-electron chi connectivity index (χ2n) is 4.61. The normalized spacial score (nSPS) is 16.3. The molecule has 4 heteroatoms. The largest absolute Gasteiger partial charge is 0.385 e. The Morgan fingerprint density at radius 3 is 2.88 bits per heavy atom. The first kappa shape index (κ1) is 14.0. The number of nitrogens with two attached hydrogens (primary N) is 1. The third kappa shape index (κ3) is 5.20. The highest BCUT2D eigenvalue weighted by molar-refractivity contribution is 5.81. The van der Waals surface area contributed by atoms with E-state index in [1.165, 1.54) is 12.8 Å². The SMILES string of the molecule is C#CCN(CC1CC1)C(=O)C(N)CCCOC. The molecule has 0 saturated heterocycles. The summed E-state index contributed by atoms with van der Waals surface area (Å²) in [7, 11) is 1.64. The van der Waals surface area contributed by atoms with E-state index in [0.29, 0.717) is 25.5 Å². The maximum atomic E-state index is 12.1. The lowest BCUT2D eigenvalue weighted by molar-refractivity contribution is -0.132. The minimum Gasteiger partial charge on any atom is -0.385 e. The molecule has 0 radical (unpaired) electrons. The van der Waals surface area contributed by atoms with E-state index in [0.717, 1.165) is 13.0 Å². The monoisotopic (exact) mass is 238 g/mol. The molecule has 0 aromatic rings. The van der Waals surface area contributed by atoms with Gasteiger partial charge in [-0.3, -0.25) is 4.79 Å². The predicted octanol–water partition coefficient (Wildman–Crippen LogP) is 0.612. The summed E-state index contributed by atoms with van der Waals surface area (Å²) in [6, 6.07) is -0.447. The first-order chi connectivity index (χ1) is 8.19. The first-order valence-electron chi connectivity index (χ1n) is 6.15. The number of rotatable bonds is 8. The van der Waals surface area contributed by atoms with Crippen molar-refractivity contribution in [2.75, 3.05) is 26.8 Å². The van der Waals surface area contributed by atoms with Gasteiger partial charge in [-0.2, -0.15) is 0 Å². The predicted molar refractivity (Wildman–Crippen MR) is 67.2 cm³/mol. The fraction of sp³-hybridized carbons (Fsp3) is 0.769. The van der Waals surface area contributed by atoms with Crippen LogP contribution < -0.4 is 5.73 Å². The highest BCUT2D eigenvalue weighted by Gasteiger charge is 2.28. The lowest BCUT2D eigenvalue weighted by Crippen LogP contribution is -2.44. The zero-order chi connectivity index (χ0) is 12.7. The van der Waals surface area contributed by atoms with E-state index in [1.54, 1.807) is 12.0 Å². The molecular weight excluding hydrogens is 216 g/mol. The molecule has 0 aromatic heterocycles. The van der Waals surface area contributed by atoms with E-state index in [9.17, 15) is 4.79 Å². The Bertz CT molecular complexity index is 282. The maximum absolute atomic E-state index is 12.1. The van der Waals surface area contributed by atoms with E-state index in [2.05, 4.69) is 5.92 Å². The summed E-state index contributed by atoms with van der Waals surface area (Å²) in [6.07, 6.45) is 9.14. The number of nitrogens with zero attached hydrogens (tertiary/aromatic N) is 1. The van der Waals surface area contributed by atoms with Crippen molar-refractivity contribution in [3.05, 3.63) is 0 Å². The molecule has 1 aliphatic rings. The third-order valence-electron chi connectivity index (χ3n) is 2.95. The molecule has 1 fully saturated rings. The van der Waals surface area contributed by atoms with Crippen LogP contribution >= 0.6 is 0 Å². The van der Waals surface area contributed by atoms with Gasteiger partial charge in [0.05, 0.1) is 12.6 Å². The smallest absolute Gasteiger partial charge is 0.240 e. The van der Waals surface area contributed by atoms with Crippen LogP contribution in [-0.4, -0.2) is 43.7 Å². The minimum atomic E-state index is -0.447. The Balaban J connectivity index is 2.36. The van der Waals surface area contributed by atoms with Crippen LogP contribution in [0.5, 0.6) is 0 Å². The summed E-state index contributed by atoms with van der Waals surface area (Å²) in [5, 5.41) is 0. The van der Waals surface area contributed by atoms with Crippen molar-refractivity contribution in [2.24, 2.45) is 11.7 Å². The fourth-order valence-corrected chi connectivity index (χ4v) is 1.76. The number of terminal acetylenes is 1. The summed E-state index contributed by atoms with van der Waals surface area (Å²) < 4.78 is 4.94. The van der Waals surface area contributed by atoms with Crippen LogP contribution in [-0.2, 0) is 9.53 Å². The van der Waals surface area contributed by atoms with E-state index in [-0.39, 0.29) is 5.91 Å². The second kappa shape index (κ2) is 7.31. The van der Waals surface area contributed by atoms with Gasteiger partial charge in [-0.25, -0.2) is 0 Å². The van der Waals surface area contributed by atoms with Gasteiger partial charge >= 0.3 is 0 Å². The number of methoxy groups -OCH3 is 1. The average Bonchev–Trinajstić information content (AvgIpc) is 3.11. The van der Waals surface area contributed by atoms with E-state index in [1.807, 2.05) is 0 Å². The molecular formula is C13H22N2O2. The summed E-state index contributed by atoms with van der Waals surface area (Å²) in [5.41, 5.74) is 5.87. The topological polar surface area (TPSA) is 55.6 Å². The lowest BCUT2D eigenvalue weighted by atomic mass is 10.1. The van der Waals surface area contributed by atoms with Gasteiger partial charge < -0.3 is 15.4 Å². The molecule has 0 spiro atoms. The van der Waals surface area contributed by atoms with Gasteiger partial charge in [0.15, 0.2) is 0 Å². The van der Waals surface area contributed by atoms with Crippen LogP contribution in [0.1, 0.15) is 25.7 Å². The second-order valence-corrected chi connectivity index (χ2v) is 4.61. The molecule has 1 rings (SSSR count). The van der Waals surface area contributed by atoms with Crippen LogP contribution in [0.3, 0.4) is 0 Å². The van der Waals surface area contributed by atoms with Gasteiger partial charge in [-0.1, -0.05) is 5.92 Å². The molecule has 0 heterocycles. The molecule has 2 N–H and O–H groups in total. The van der Waals surface area contributed by atoms with Crippen molar-refractivity contribution in [3.8, 4) is 12.3 Å². The number of ether oxygens (including phenoxy) is 1. The molecule has 1 saturated carbocycles. The molecule has 4 nitrogen and oxygen atoms in total. The lowest BCUT2D eigenvalue weighted by Gasteiger charge is -2.23. The van der Waals surface area contributed by atoms with Gasteiger partial charge in [-0.15, -0.1) is 6.42 Å². The van der Waals surface area contributed by atoms with Gasteiger partial charge in [0.25, 0.3) is 0 Å². The average molecular weight is 238 g/mol. The quantitative estimate of drug-likeness (QED) is 0.498. The van der Waals surface area contributed by atoms with Crippen molar-refractivity contribution >= 4 is 5.91 Å². The molecule has 96 valence electrons. The van der Waals surface area contributed by atoms with Crippen molar-refractivity contribution in [1.29, 1.82) is 0 Å². The van der Waals surface area contributed by atoms with E-state index < -0.39 is 6.04 Å².